The second-order valence-electron chi connectivity index (χ2n) is 7.55. The molecule has 0 unspecified atom stereocenters. The van der Waals surface area contributed by atoms with Gasteiger partial charge in [0.05, 0.1) is 18.4 Å². The van der Waals surface area contributed by atoms with Crippen LogP contribution in [-0.2, 0) is 12.8 Å². The van der Waals surface area contributed by atoms with Crippen LogP contribution in [-0.4, -0.2) is 12.1 Å². The molecule has 0 atom stereocenters. The molecule has 0 aliphatic heterocycles. The minimum Gasteiger partial charge on any atom is -0.497 e. The zero-order valence-electron chi connectivity index (χ0n) is 18.2. The van der Waals surface area contributed by atoms with E-state index < -0.39 is 11.7 Å². The molecular weight excluding hydrogens is 427 g/mol. The summed E-state index contributed by atoms with van der Waals surface area (Å²) in [6.07, 6.45) is -2.77. The van der Waals surface area contributed by atoms with E-state index in [1.54, 1.807) is 24.4 Å². The van der Waals surface area contributed by atoms with E-state index in [9.17, 15) is 13.2 Å². The predicted molar refractivity (Wildman–Crippen MR) is 122 cm³/mol. The summed E-state index contributed by atoms with van der Waals surface area (Å²) in [6, 6.07) is 22.5. The van der Waals surface area contributed by atoms with Crippen LogP contribution in [0.3, 0.4) is 0 Å². The van der Waals surface area contributed by atoms with Gasteiger partial charge in [0.1, 0.15) is 18.1 Å². The van der Waals surface area contributed by atoms with Crippen molar-refractivity contribution in [2.24, 2.45) is 0 Å². The molecule has 4 rings (SSSR count). The van der Waals surface area contributed by atoms with Crippen molar-refractivity contribution in [3.63, 3.8) is 0 Å². The van der Waals surface area contributed by atoms with Crippen molar-refractivity contribution in [3.8, 4) is 33.9 Å². The van der Waals surface area contributed by atoms with Gasteiger partial charge in [0.2, 0.25) is 0 Å². The number of benzene rings is 3. The van der Waals surface area contributed by atoms with Crippen molar-refractivity contribution < 1.29 is 22.6 Å². The van der Waals surface area contributed by atoms with Gasteiger partial charge in [-0.25, -0.2) is 0 Å². The molecule has 4 aromatic rings. The Morgan fingerprint density at radius 3 is 2.33 bits per heavy atom. The lowest BCUT2D eigenvalue weighted by Gasteiger charge is -2.16. The molecule has 0 spiro atoms. The van der Waals surface area contributed by atoms with E-state index in [2.05, 4.69) is 4.98 Å². The number of aromatic nitrogens is 1. The second-order valence-corrected chi connectivity index (χ2v) is 7.55. The van der Waals surface area contributed by atoms with Crippen molar-refractivity contribution in [2.75, 3.05) is 7.11 Å². The van der Waals surface area contributed by atoms with Crippen molar-refractivity contribution in [3.05, 3.63) is 102 Å². The largest absolute Gasteiger partial charge is 0.497 e. The lowest BCUT2D eigenvalue weighted by atomic mass is 9.96. The number of pyridine rings is 1. The highest BCUT2D eigenvalue weighted by atomic mass is 19.4. The first-order chi connectivity index (χ1) is 15.9. The fourth-order valence-electron chi connectivity index (χ4n) is 3.64. The standard InChI is InChI=1S/C27H22F3NO2/c1-18-15-19(22-13-12-21(32-2)16-24(22)27(28,29)30)10-11-20(18)17-33-26-9-4-3-7-23(26)25-8-5-6-14-31-25/h3-16H,17H2,1-2H3. The fraction of sp³-hybridized carbons (Fsp3) is 0.148. The third-order valence-corrected chi connectivity index (χ3v) is 5.40. The average molecular weight is 449 g/mol. The first kappa shape index (κ1) is 22.4. The monoisotopic (exact) mass is 449 g/mol. The molecule has 0 aliphatic carbocycles. The minimum atomic E-state index is -4.49. The van der Waals surface area contributed by atoms with Crippen LogP contribution >= 0.6 is 0 Å². The molecule has 0 bridgehead atoms. The molecule has 3 nitrogen and oxygen atoms in total. The Morgan fingerprint density at radius 1 is 0.848 bits per heavy atom. The van der Waals surface area contributed by atoms with E-state index in [-0.39, 0.29) is 17.9 Å². The Morgan fingerprint density at radius 2 is 1.64 bits per heavy atom. The van der Waals surface area contributed by atoms with Gasteiger partial charge in [0, 0.05) is 11.8 Å². The number of aryl methyl sites for hydroxylation is 1. The van der Waals surface area contributed by atoms with Crippen LogP contribution in [0.4, 0.5) is 13.2 Å². The molecule has 6 heteroatoms. The lowest BCUT2D eigenvalue weighted by Crippen LogP contribution is -2.08. The molecular formula is C27H22F3NO2. The summed E-state index contributed by atoms with van der Waals surface area (Å²) in [6.45, 7) is 2.15. The molecule has 0 N–H and O–H groups in total. The predicted octanol–water partition coefficient (Wildman–Crippen LogP) is 7.33. The first-order valence-corrected chi connectivity index (χ1v) is 10.3. The number of rotatable bonds is 6. The Hall–Kier alpha value is -3.80. The molecule has 0 radical (unpaired) electrons. The fourth-order valence-corrected chi connectivity index (χ4v) is 3.64. The van der Waals surface area contributed by atoms with E-state index in [0.29, 0.717) is 11.3 Å². The van der Waals surface area contributed by atoms with Crippen molar-refractivity contribution in [1.82, 2.24) is 4.98 Å². The van der Waals surface area contributed by atoms with Crippen molar-refractivity contribution in [2.45, 2.75) is 19.7 Å². The maximum atomic E-state index is 13.6. The smallest absolute Gasteiger partial charge is 0.417 e. The Balaban J connectivity index is 1.60. The SMILES string of the molecule is COc1ccc(-c2ccc(COc3ccccc3-c3ccccn3)c(C)c2)c(C(F)(F)F)c1. The highest BCUT2D eigenvalue weighted by molar-refractivity contribution is 5.70. The lowest BCUT2D eigenvalue weighted by molar-refractivity contribution is -0.137. The molecule has 1 heterocycles. The zero-order valence-corrected chi connectivity index (χ0v) is 18.2. The summed E-state index contributed by atoms with van der Waals surface area (Å²) >= 11 is 0. The van der Waals surface area contributed by atoms with Gasteiger partial charge < -0.3 is 9.47 Å². The Kier molecular flexibility index (Phi) is 6.36. The summed E-state index contributed by atoms with van der Waals surface area (Å²) in [5.41, 5.74) is 3.28. The van der Waals surface area contributed by atoms with Crippen molar-refractivity contribution in [1.29, 1.82) is 0 Å². The topological polar surface area (TPSA) is 31.4 Å². The van der Waals surface area contributed by atoms with Gasteiger partial charge in [-0.15, -0.1) is 0 Å². The quantitative estimate of drug-likeness (QED) is 0.309. The number of halogens is 3. The van der Waals surface area contributed by atoms with E-state index in [4.69, 9.17) is 9.47 Å². The number of ether oxygens (including phenoxy) is 2. The van der Waals surface area contributed by atoms with Gasteiger partial charge in [0.25, 0.3) is 0 Å². The van der Waals surface area contributed by atoms with Crippen LogP contribution < -0.4 is 9.47 Å². The molecule has 0 saturated carbocycles. The third-order valence-electron chi connectivity index (χ3n) is 5.40. The molecule has 0 saturated heterocycles. The summed E-state index contributed by atoms with van der Waals surface area (Å²) in [7, 11) is 1.35. The average Bonchev–Trinajstić information content (AvgIpc) is 2.83. The summed E-state index contributed by atoms with van der Waals surface area (Å²) in [5, 5.41) is 0. The van der Waals surface area contributed by atoms with Gasteiger partial charge >= 0.3 is 6.18 Å². The van der Waals surface area contributed by atoms with E-state index >= 15 is 0 Å². The molecule has 1 aromatic heterocycles. The van der Waals surface area contributed by atoms with Crippen LogP contribution in [0.15, 0.2) is 85.1 Å². The highest BCUT2D eigenvalue weighted by Crippen LogP contribution is 2.39. The van der Waals surface area contributed by atoms with Gasteiger partial charge in [-0.2, -0.15) is 13.2 Å². The normalized spacial score (nSPS) is 11.3. The van der Waals surface area contributed by atoms with Crippen LogP contribution in [0.25, 0.3) is 22.4 Å². The van der Waals surface area contributed by atoms with Gasteiger partial charge in [0.15, 0.2) is 0 Å². The molecule has 0 fully saturated rings. The molecule has 168 valence electrons. The van der Waals surface area contributed by atoms with E-state index in [1.165, 1.54) is 19.2 Å². The van der Waals surface area contributed by atoms with Gasteiger partial charge in [-0.1, -0.05) is 42.5 Å². The number of para-hydroxylation sites is 1. The van der Waals surface area contributed by atoms with Crippen molar-refractivity contribution >= 4 is 0 Å². The zero-order chi connectivity index (χ0) is 23.4. The molecule has 0 amide bonds. The number of hydrogen-bond acceptors (Lipinski definition) is 3. The van der Waals surface area contributed by atoms with Crippen LogP contribution in [0.1, 0.15) is 16.7 Å². The number of hydrogen-bond donors (Lipinski definition) is 0. The van der Waals surface area contributed by atoms with E-state index in [0.717, 1.165) is 28.5 Å². The van der Waals surface area contributed by atoms with E-state index in [1.807, 2.05) is 49.4 Å². The number of methoxy groups -OCH3 is 1. The summed E-state index contributed by atoms with van der Waals surface area (Å²) < 4.78 is 52.0. The van der Waals surface area contributed by atoms with Crippen LogP contribution in [0.2, 0.25) is 0 Å². The maximum Gasteiger partial charge on any atom is 0.417 e. The highest BCUT2D eigenvalue weighted by Gasteiger charge is 2.34. The molecule has 0 aliphatic rings. The third kappa shape index (κ3) is 5.00. The minimum absolute atomic E-state index is 0.111. The maximum absolute atomic E-state index is 13.6. The summed E-state index contributed by atoms with van der Waals surface area (Å²) in [4.78, 5) is 4.39. The molecule has 33 heavy (non-hydrogen) atoms. The second kappa shape index (κ2) is 9.36. The van der Waals surface area contributed by atoms with Crippen LogP contribution in [0.5, 0.6) is 11.5 Å². The number of nitrogens with zero attached hydrogens (tertiary/aromatic N) is 1. The van der Waals surface area contributed by atoms with Gasteiger partial charge in [-0.3, -0.25) is 4.98 Å². The summed E-state index contributed by atoms with van der Waals surface area (Å²) in [5.74, 6) is 0.855. The first-order valence-electron chi connectivity index (χ1n) is 10.3. The van der Waals surface area contributed by atoms with Gasteiger partial charge in [-0.05, 0) is 65.6 Å². The molecule has 3 aromatic carbocycles. The number of alkyl halides is 3. The Bertz CT molecular complexity index is 1250. The van der Waals surface area contributed by atoms with Crippen LogP contribution in [0, 0.1) is 6.92 Å². The Labute approximate surface area is 190 Å².